The maximum Gasteiger partial charge on any atom is 0.240 e. The van der Waals surface area contributed by atoms with E-state index in [9.17, 15) is 8.42 Å². The first-order chi connectivity index (χ1) is 9.32. The summed E-state index contributed by atoms with van der Waals surface area (Å²) in [6.45, 7) is 4.46. The third-order valence-corrected chi connectivity index (χ3v) is 4.85. The van der Waals surface area contributed by atoms with Gasteiger partial charge in [-0.3, -0.25) is 0 Å². The van der Waals surface area contributed by atoms with E-state index in [2.05, 4.69) is 4.72 Å². The lowest BCUT2D eigenvalue weighted by Gasteiger charge is -2.35. The van der Waals surface area contributed by atoms with Crippen LogP contribution in [-0.4, -0.2) is 26.7 Å². The molecule has 1 N–H and O–H groups in total. The molecule has 1 atom stereocenters. The van der Waals surface area contributed by atoms with Gasteiger partial charge in [-0.05, 0) is 51.0 Å². The van der Waals surface area contributed by atoms with E-state index in [-0.39, 0.29) is 16.5 Å². The number of sulfonamides is 1. The van der Waals surface area contributed by atoms with Gasteiger partial charge < -0.3 is 4.74 Å². The van der Waals surface area contributed by atoms with Gasteiger partial charge in [0, 0.05) is 12.6 Å². The van der Waals surface area contributed by atoms with Crippen molar-refractivity contribution < 1.29 is 13.2 Å². The largest absolute Gasteiger partial charge is 0.375 e. The molecule has 1 unspecified atom stereocenters. The quantitative estimate of drug-likeness (QED) is 0.921. The van der Waals surface area contributed by atoms with E-state index in [1.165, 1.54) is 24.3 Å². The predicted molar refractivity (Wildman–Crippen MR) is 74.5 cm³/mol. The SMILES string of the molecule is CC1(C)CC(NS(=O)(=O)c2ccc(C#N)cc2)CCO1. The Labute approximate surface area is 119 Å². The van der Waals surface area contributed by atoms with E-state index in [1.807, 2.05) is 19.9 Å². The Morgan fingerprint density at radius 1 is 1.35 bits per heavy atom. The summed E-state index contributed by atoms with van der Waals surface area (Å²) < 4.78 is 32.8. The minimum Gasteiger partial charge on any atom is -0.375 e. The predicted octanol–water partition coefficient (Wildman–Crippen LogP) is 1.79. The zero-order valence-corrected chi connectivity index (χ0v) is 12.4. The second-order valence-corrected chi connectivity index (χ2v) is 7.27. The van der Waals surface area contributed by atoms with Crippen LogP contribution in [0.2, 0.25) is 0 Å². The van der Waals surface area contributed by atoms with E-state index < -0.39 is 10.0 Å². The second-order valence-electron chi connectivity index (χ2n) is 5.56. The van der Waals surface area contributed by atoms with Crippen LogP contribution in [0.15, 0.2) is 29.2 Å². The summed E-state index contributed by atoms with van der Waals surface area (Å²) >= 11 is 0. The van der Waals surface area contributed by atoms with Crippen LogP contribution in [0, 0.1) is 11.3 Å². The molecule has 6 heteroatoms. The van der Waals surface area contributed by atoms with Crippen LogP contribution in [0.5, 0.6) is 0 Å². The second kappa shape index (κ2) is 5.52. The number of benzene rings is 1. The van der Waals surface area contributed by atoms with Crippen molar-refractivity contribution in [3.63, 3.8) is 0 Å². The Bertz CT molecular complexity index is 615. The van der Waals surface area contributed by atoms with Gasteiger partial charge in [0.2, 0.25) is 10.0 Å². The number of hydrogen-bond acceptors (Lipinski definition) is 4. The van der Waals surface area contributed by atoms with Crippen molar-refractivity contribution in [3.05, 3.63) is 29.8 Å². The highest BCUT2D eigenvalue weighted by Gasteiger charge is 2.31. The third kappa shape index (κ3) is 3.57. The molecule has 1 aromatic carbocycles. The zero-order chi connectivity index (χ0) is 14.8. The van der Waals surface area contributed by atoms with E-state index in [0.717, 1.165) is 0 Å². The van der Waals surface area contributed by atoms with Gasteiger partial charge in [-0.15, -0.1) is 0 Å². The summed E-state index contributed by atoms with van der Waals surface area (Å²) in [5.41, 5.74) is 0.131. The summed E-state index contributed by atoms with van der Waals surface area (Å²) in [6, 6.07) is 7.74. The van der Waals surface area contributed by atoms with Gasteiger partial charge in [-0.2, -0.15) is 5.26 Å². The summed E-state index contributed by atoms with van der Waals surface area (Å²) in [4.78, 5) is 0.181. The van der Waals surface area contributed by atoms with Gasteiger partial charge in [0.05, 0.1) is 22.1 Å². The highest BCUT2D eigenvalue weighted by Crippen LogP contribution is 2.25. The van der Waals surface area contributed by atoms with Crippen LogP contribution in [0.4, 0.5) is 0 Å². The minimum atomic E-state index is -3.55. The Morgan fingerprint density at radius 3 is 2.55 bits per heavy atom. The minimum absolute atomic E-state index is 0.126. The number of nitrogens with zero attached hydrogens (tertiary/aromatic N) is 1. The first-order valence-electron chi connectivity index (χ1n) is 6.49. The monoisotopic (exact) mass is 294 g/mol. The molecule has 1 heterocycles. The standard InChI is InChI=1S/C14H18N2O3S/c1-14(2)9-12(7-8-19-14)16-20(17,18)13-5-3-11(10-15)4-6-13/h3-6,12,16H,7-9H2,1-2H3. The van der Waals surface area contributed by atoms with E-state index in [4.69, 9.17) is 10.00 Å². The lowest BCUT2D eigenvalue weighted by atomic mass is 9.95. The lowest BCUT2D eigenvalue weighted by molar-refractivity contribution is -0.0599. The van der Waals surface area contributed by atoms with Gasteiger partial charge in [-0.25, -0.2) is 13.1 Å². The lowest BCUT2D eigenvalue weighted by Crippen LogP contribution is -2.45. The van der Waals surface area contributed by atoms with Gasteiger partial charge in [0.1, 0.15) is 0 Å². The number of ether oxygens (including phenoxy) is 1. The Kier molecular flexibility index (Phi) is 4.14. The smallest absolute Gasteiger partial charge is 0.240 e. The number of rotatable bonds is 3. The molecular weight excluding hydrogens is 276 g/mol. The molecule has 0 amide bonds. The molecule has 0 radical (unpaired) electrons. The highest BCUT2D eigenvalue weighted by atomic mass is 32.2. The molecule has 1 fully saturated rings. The van der Waals surface area contributed by atoms with Crippen molar-refractivity contribution in [2.45, 2.75) is 43.2 Å². The third-order valence-electron chi connectivity index (χ3n) is 3.31. The molecule has 1 aliphatic heterocycles. The van der Waals surface area contributed by atoms with Crippen LogP contribution in [0.3, 0.4) is 0 Å². The average Bonchev–Trinajstić information content (AvgIpc) is 2.37. The van der Waals surface area contributed by atoms with Gasteiger partial charge in [0.15, 0.2) is 0 Å². The average molecular weight is 294 g/mol. The topological polar surface area (TPSA) is 79.2 Å². The van der Waals surface area contributed by atoms with Gasteiger partial charge in [-0.1, -0.05) is 0 Å². The van der Waals surface area contributed by atoms with Crippen molar-refractivity contribution >= 4 is 10.0 Å². The highest BCUT2D eigenvalue weighted by molar-refractivity contribution is 7.89. The Balaban J connectivity index is 2.12. The van der Waals surface area contributed by atoms with Crippen LogP contribution in [-0.2, 0) is 14.8 Å². The Hall–Kier alpha value is -1.42. The Morgan fingerprint density at radius 2 is 2.00 bits per heavy atom. The number of hydrogen-bond donors (Lipinski definition) is 1. The van der Waals surface area contributed by atoms with Gasteiger partial charge >= 0.3 is 0 Å². The van der Waals surface area contributed by atoms with Crippen molar-refractivity contribution in [3.8, 4) is 6.07 Å². The van der Waals surface area contributed by atoms with Crippen molar-refractivity contribution in [1.29, 1.82) is 5.26 Å². The molecule has 0 aromatic heterocycles. The normalized spacial score (nSPS) is 22.1. The maximum absolute atomic E-state index is 12.3. The van der Waals surface area contributed by atoms with Gasteiger partial charge in [0.25, 0.3) is 0 Å². The molecule has 0 bridgehead atoms. The van der Waals surface area contributed by atoms with Crippen LogP contribution in [0.1, 0.15) is 32.3 Å². The fraction of sp³-hybridized carbons (Fsp3) is 0.500. The van der Waals surface area contributed by atoms with Crippen LogP contribution in [0.25, 0.3) is 0 Å². The maximum atomic E-state index is 12.3. The number of nitrogens with one attached hydrogen (secondary N) is 1. The van der Waals surface area contributed by atoms with Crippen molar-refractivity contribution in [2.24, 2.45) is 0 Å². The molecule has 108 valence electrons. The summed E-state index contributed by atoms with van der Waals surface area (Å²) in [7, 11) is -3.55. The summed E-state index contributed by atoms with van der Waals surface area (Å²) in [6.07, 6.45) is 1.31. The van der Waals surface area contributed by atoms with Crippen LogP contribution >= 0.6 is 0 Å². The molecule has 0 saturated carbocycles. The van der Waals surface area contributed by atoms with E-state index in [0.29, 0.717) is 25.0 Å². The molecular formula is C14H18N2O3S. The van der Waals surface area contributed by atoms with Crippen molar-refractivity contribution in [1.82, 2.24) is 4.72 Å². The first kappa shape index (κ1) is 15.0. The van der Waals surface area contributed by atoms with Crippen LogP contribution < -0.4 is 4.72 Å². The molecule has 2 rings (SSSR count). The fourth-order valence-corrected chi connectivity index (χ4v) is 3.60. The number of nitriles is 1. The molecule has 0 aliphatic carbocycles. The summed E-state index contributed by atoms with van der Waals surface area (Å²) in [5, 5.41) is 8.72. The fourth-order valence-electron chi connectivity index (χ4n) is 2.33. The molecule has 1 aromatic rings. The first-order valence-corrected chi connectivity index (χ1v) is 7.97. The molecule has 20 heavy (non-hydrogen) atoms. The summed E-state index contributed by atoms with van der Waals surface area (Å²) in [5.74, 6) is 0. The zero-order valence-electron chi connectivity index (χ0n) is 11.6. The molecule has 1 aliphatic rings. The molecule has 0 spiro atoms. The van der Waals surface area contributed by atoms with E-state index in [1.54, 1.807) is 0 Å². The van der Waals surface area contributed by atoms with Crippen molar-refractivity contribution in [2.75, 3.05) is 6.61 Å². The molecule has 5 nitrogen and oxygen atoms in total. The van der Waals surface area contributed by atoms with E-state index >= 15 is 0 Å². The molecule has 1 saturated heterocycles.